The van der Waals surface area contributed by atoms with Crippen LogP contribution in [0.1, 0.15) is 44.4 Å². The molecule has 2 aliphatic heterocycles. The Kier molecular flexibility index (Phi) is 6.92. The molecule has 5 heteroatoms. The van der Waals surface area contributed by atoms with Crippen LogP contribution in [0.4, 0.5) is 17.1 Å². The third-order valence-corrected chi connectivity index (χ3v) is 7.21. The molecule has 182 valence electrons. The molecule has 0 aliphatic carbocycles. The number of rotatable bonds is 4. The Morgan fingerprint density at radius 1 is 0.771 bits per heavy atom. The second-order valence-electron chi connectivity index (χ2n) is 10.2. The first kappa shape index (κ1) is 25.5. The van der Waals surface area contributed by atoms with Crippen molar-refractivity contribution in [3.63, 3.8) is 0 Å². The summed E-state index contributed by atoms with van der Waals surface area (Å²) in [4.78, 5) is 8.65. The van der Waals surface area contributed by atoms with Crippen LogP contribution in [-0.4, -0.2) is 23.9 Å². The molecule has 3 aromatic rings. The van der Waals surface area contributed by atoms with E-state index >= 15 is 0 Å². The van der Waals surface area contributed by atoms with Gasteiger partial charge in [-0.3, -0.25) is 0 Å². The molecule has 0 bridgehead atoms. The Hall–Kier alpha value is -2.55. The topological polar surface area (TPSA) is 13.0 Å². The van der Waals surface area contributed by atoms with Crippen LogP contribution in [0.15, 0.2) is 73.1 Å². The molecule has 0 amide bonds. The normalized spacial score (nSPS) is 17.4. The third-order valence-electron chi connectivity index (χ3n) is 7.21. The van der Waals surface area contributed by atoms with Gasteiger partial charge in [-0.05, 0) is 57.4 Å². The number of benzene rings is 3. The second-order valence-corrected chi connectivity index (χ2v) is 10.2. The average molecular weight is 644 g/mol. The first-order valence-electron chi connectivity index (χ1n) is 11.7. The molecule has 4 nitrogen and oxygen atoms in total. The number of anilines is 3. The van der Waals surface area contributed by atoms with Crippen LogP contribution in [0.2, 0.25) is 0 Å². The predicted molar refractivity (Wildman–Crippen MR) is 140 cm³/mol. The first-order valence-corrected chi connectivity index (χ1v) is 11.7. The van der Waals surface area contributed by atoms with Crippen molar-refractivity contribution >= 4 is 17.1 Å². The van der Waals surface area contributed by atoms with Crippen molar-refractivity contribution in [1.29, 1.82) is 0 Å². The van der Waals surface area contributed by atoms with Gasteiger partial charge in [0.1, 0.15) is 0 Å². The summed E-state index contributed by atoms with van der Waals surface area (Å²) < 4.78 is 0. The SMILES string of the molecule is CN1C=CN(c2[c-]c(C(C)(C)c3[c-]c(N4[CH-]N(C)C(C)(C)c5ccccc54)ccc3)ccc2)[CH-]1.[Pt+4]. The minimum absolute atomic E-state index is 0. The van der Waals surface area contributed by atoms with E-state index in [4.69, 9.17) is 0 Å². The first-order chi connectivity index (χ1) is 16.2. The minimum atomic E-state index is -0.262. The molecule has 35 heavy (non-hydrogen) atoms. The monoisotopic (exact) mass is 643 g/mol. The van der Waals surface area contributed by atoms with E-state index in [1.54, 1.807) is 0 Å². The molecule has 0 radical (unpaired) electrons. The Labute approximate surface area is 225 Å². The molecule has 3 aromatic carbocycles. The molecule has 0 unspecified atom stereocenters. The van der Waals surface area contributed by atoms with E-state index in [0.717, 1.165) is 22.5 Å². The van der Waals surface area contributed by atoms with E-state index < -0.39 is 0 Å². The van der Waals surface area contributed by atoms with Gasteiger partial charge in [-0.15, -0.1) is 11.4 Å². The van der Waals surface area contributed by atoms with Crippen molar-refractivity contribution in [2.75, 3.05) is 23.9 Å². The van der Waals surface area contributed by atoms with E-state index in [1.807, 2.05) is 18.1 Å². The molecule has 0 saturated heterocycles. The van der Waals surface area contributed by atoms with E-state index in [1.165, 1.54) is 11.3 Å². The predicted octanol–water partition coefficient (Wildman–Crippen LogP) is 6.39. The number of hydrogen-bond donors (Lipinski definition) is 0. The maximum atomic E-state index is 3.74. The van der Waals surface area contributed by atoms with E-state index in [9.17, 15) is 0 Å². The Balaban J connectivity index is 0.00000289. The maximum absolute atomic E-state index is 3.74. The van der Waals surface area contributed by atoms with Crippen LogP contribution < -0.4 is 9.80 Å². The zero-order valence-corrected chi connectivity index (χ0v) is 23.5. The molecule has 2 aliphatic rings. The Morgan fingerprint density at radius 2 is 1.40 bits per heavy atom. The molecule has 0 atom stereocenters. The van der Waals surface area contributed by atoms with Crippen LogP contribution in [-0.2, 0) is 32.0 Å². The molecule has 0 saturated carbocycles. The number of fused-ring (bicyclic) bond motifs is 1. The van der Waals surface area contributed by atoms with Gasteiger partial charge in [0.05, 0.1) is 0 Å². The fourth-order valence-corrected chi connectivity index (χ4v) is 4.63. The number of nitrogens with zero attached hydrogens (tertiary/aromatic N) is 4. The molecule has 5 rings (SSSR count). The van der Waals surface area contributed by atoms with Crippen LogP contribution >= 0.6 is 0 Å². The van der Waals surface area contributed by atoms with E-state index in [2.05, 4.69) is 142 Å². The smallest absolute Gasteiger partial charge is 0.510 e. The number of hydrogen-bond acceptors (Lipinski definition) is 4. The van der Waals surface area contributed by atoms with E-state index in [0.29, 0.717) is 0 Å². The minimum Gasteiger partial charge on any atom is -0.510 e. The standard InChI is InChI=1S/C30H32N4.Pt/c1-29(2,23-11-9-13-25(19-23)33-18-17-31(5)21-33)24-12-10-14-26(20-24)34-22-32(6)30(3,4)27-15-7-8-16-28(27)34;/h7-18,21-22H,1-6H3;/q-4;+4. The van der Waals surface area contributed by atoms with Gasteiger partial charge in [-0.2, -0.15) is 73.0 Å². The fraction of sp³-hybridized carbons (Fsp3) is 0.267. The fourth-order valence-electron chi connectivity index (χ4n) is 4.63. The molecule has 0 fully saturated rings. The summed E-state index contributed by atoms with van der Waals surface area (Å²) in [5, 5.41) is 0. The maximum Gasteiger partial charge on any atom is 4.00 e. The summed E-state index contributed by atoms with van der Waals surface area (Å²) in [6, 6.07) is 28.8. The Bertz CT molecular complexity index is 1230. The summed E-state index contributed by atoms with van der Waals surface area (Å²) in [7, 11) is 4.16. The molecular formula is C30H32N4Pt. The second kappa shape index (κ2) is 9.48. The summed E-state index contributed by atoms with van der Waals surface area (Å²) in [5.41, 5.74) is 6.50. The van der Waals surface area contributed by atoms with Crippen molar-refractivity contribution in [3.05, 3.63) is 115 Å². The summed E-state index contributed by atoms with van der Waals surface area (Å²) in [6.45, 7) is 13.3. The summed E-state index contributed by atoms with van der Waals surface area (Å²) in [6.07, 6.45) is 4.09. The quantitative estimate of drug-likeness (QED) is 0.306. The van der Waals surface area contributed by atoms with Gasteiger partial charge >= 0.3 is 21.1 Å². The molecular weight excluding hydrogens is 611 g/mol. The molecule has 2 heterocycles. The van der Waals surface area contributed by atoms with Gasteiger partial charge in [0.25, 0.3) is 0 Å². The molecule has 0 aromatic heterocycles. The van der Waals surface area contributed by atoms with Crippen molar-refractivity contribution in [3.8, 4) is 0 Å². The van der Waals surface area contributed by atoms with Gasteiger partial charge in [0.2, 0.25) is 0 Å². The zero-order chi connectivity index (χ0) is 24.1. The van der Waals surface area contributed by atoms with E-state index in [-0.39, 0.29) is 32.0 Å². The van der Waals surface area contributed by atoms with Crippen LogP contribution in [0.5, 0.6) is 0 Å². The third kappa shape index (κ3) is 4.55. The van der Waals surface area contributed by atoms with Crippen LogP contribution in [0.3, 0.4) is 0 Å². The van der Waals surface area contributed by atoms with Crippen LogP contribution in [0, 0.1) is 25.5 Å². The zero-order valence-electron chi connectivity index (χ0n) is 21.2. The summed E-state index contributed by atoms with van der Waals surface area (Å²) in [5.74, 6) is 0. The number of para-hydroxylation sites is 1. The van der Waals surface area contributed by atoms with Gasteiger partial charge < -0.3 is 19.6 Å². The average Bonchev–Trinajstić information content (AvgIpc) is 3.28. The van der Waals surface area contributed by atoms with Crippen molar-refractivity contribution in [2.24, 2.45) is 0 Å². The Morgan fingerprint density at radius 3 is 2.06 bits per heavy atom. The molecule has 0 N–H and O–H groups in total. The summed E-state index contributed by atoms with van der Waals surface area (Å²) >= 11 is 0. The van der Waals surface area contributed by atoms with Gasteiger partial charge in [-0.25, -0.2) is 0 Å². The van der Waals surface area contributed by atoms with Gasteiger partial charge in [0.15, 0.2) is 0 Å². The van der Waals surface area contributed by atoms with Crippen molar-refractivity contribution in [1.82, 2.24) is 9.80 Å². The van der Waals surface area contributed by atoms with Crippen molar-refractivity contribution < 1.29 is 21.1 Å². The largest absolute Gasteiger partial charge is 4.00 e. The van der Waals surface area contributed by atoms with Crippen molar-refractivity contribution in [2.45, 2.75) is 38.6 Å². The van der Waals surface area contributed by atoms with Crippen LogP contribution in [0.25, 0.3) is 0 Å². The van der Waals surface area contributed by atoms with Gasteiger partial charge in [0, 0.05) is 11.2 Å². The van der Waals surface area contributed by atoms with Gasteiger partial charge in [-0.1, -0.05) is 32.0 Å². The molecule has 0 spiro atoms.